The van der Waals surface area contributed by atoms with Crippen LogP contribution >= 0.6 is 0 Å². The molecule has 0 aliphatic heterocycles. The highest BCUT2D eigenvalue weighted by Gasteiger charge is 2.09. The summed E-state index contributed by atoms with van der Waals surface area (Å²) in [4.78, 5) is 17.9. The topological polar surface area (TPSA) is 33.2 Å². The van der Waals surface area contributed by atoms with E-state index in [-0.39, 0.29) is 5.91 Å². The maximum absolute atomic E-state index is 12.1. The molecule has 0 aliphatic carbocycles. The highest BCUT2D eigenvalue weighted by Crippen LogP contribution is 2.00. The van der Waals surface area contributed by atoms with Crippen molar-refractivity contribution < 1.29 is 4.79 Å². The van der Waals surface area contributed by atoms with Gasteiger partial charge < -0.3 is 4.90 Å². The molecule has 3 nitrogen and oxygen atoms in total. The van der Waals surface area contributed by atoms with Crippen LogP contribution in [0.2, 0.25) is 0 Å². The fourth-order valence-corrected chi connectivity index (χ4v) is 1.65. The van der Waals surface area contributed by atoms with Crippen molar-refractivity contribution in [3.63, 3.8) is 0 Å². The maximum atomic E-state index is 12.1. The Bertz CT molecular complexity index is 423. The molecule has 0 aromatic carbocycles. The zero-order chi connectivity index (χ0) is 13.9. The van der Waals surface area contributed by atoms with E-state index in [1.807, 2.05) is 17.0 Å². The van der Waals surface area contributed by atoms with E-state index >= 15 is 0 Å². The lowest BCUT2D eigenvalue weighted by Gasteiger charge is -2.19. The molecule has 1 aromatic heterocycles. The Morgan fingerprint density at radius 1 is 1.26 bits per heavy atom. The van der Waals surface area contributed by atoms with Crippen molar-refractivity contribution in [1.82, 2.24) is 9.88 Å². The first-order chi connectivity index (χ1) is 9.27. The van der Waals surface area contributed by atoms with Crippen LogP contribution in [0.5, 0.6) is 0 Å². The number of aromatic nitrogens is 1. The molecule has 1 aromatic rings. The lowest BCUT2D eigenvalue weighted by Crippen LogP contribution is -2.31. The first kappa shape index (κ1) is 15.2. The summed E-state index contributed by atoms with van der Waals surface area (Å²) in [6.07, 6.45) is 7.61. The van der Waals surface area contributed by atoms with Gasteiger partial charge >= 0.3 is 0 Å². The minimum absolute atomic E-state index is 0.0780. The van der Waals surface area contributed by atoms with Crippen molar-refractivity contribution in [1.29, 1.82) is 0 Å². The van der Waals surface area contributed by atoms with Gasteiger partial charge in [0.05, 0.1) is 0 Å². The SMILES string of the molecule is CCCCN(CCCC)C(=O)C#Cc1cccnc1. The standard InChI is InChI=1S/C16H22N2O/c1-3-5-12-18(13-6-4-2)16(19)10-9-15-8-7-11-17-14-15/h7-8,11,14H,3-6,12-13H2,1-2H3. The molecule has 19 heavy (non-hydrogen) atoms. The average Bonchev–Trinajstić information content (AvgIpc) is 2.46. The Kier molecular flexibility index (Phi) is 7.34. The van der Waals surface area contributed by atoms with E-state index < -0.39 is 0 Å². The molecule has 0 radical (unpaired) electrons. The number of rotatable bonds is 6. The number of nitrogens with zero attached hydrogens (tertiary/aromatic N) is 2. The summed E-state index contributed by atoms with van der Waals surface area (Å²) in [5, 5.41) is 0. The van der Waals surface area contributed by atoms with Crippen molar-refractivity contribution in [2.24, 2.45) is 0 Å². The minimum atomic E-state index is -0.0780. The molecule has 3 heteroatoms. The molecule has 0 aliphatic rings. The van der Waals surface area contributed by atoms with Gasteiger partial charge in [-0.25, -0.2) is 0 Å². The van der Waals surface area contributed by atoms with Gasteiger partial charge in [-0.3, -0.25) is 9.78 Å². The molecule has 0 saturated heterocycles. The molecular weight excluding hydrogens is 236 g/mol. The Hall–Kier alpha value is -1.82. The first-order valence-electron chi connectivity index (χ1n) is 6.98. The number of unbranched alkanes of at least 4 members (excludes halogenated alkanes) is 2. The van der Waals surface area contributed by atoms with Crippen LogP contribution in [-0.4, -0.2) is 28.9 Å². The van der Waals surface area contributed by atoms with Crippen molar-refractivity contribution >= 4 is 5.91 Å². The number of carbonyl (C=O) groups is 1. The van der Waals surface area contributed by atoms with E-state index in [0.29, 0.717) is 0 Å². The average molecular weight is 258 g/mol. The Morgan fingerprint density at radius 3 is 2.47 bits per heavy atom. The fourth-order valence-electron chi connectivity index (χ4n) is 1.65. The van der Waals surface area contributed by atoms with E-state index in [9.17, 15) is 4.79 Å². The van der Waals surface area contributed by atoms with Crippen LogP contribution in [0.15, 0.2) is 24.5 Å². The molecule has 0 N–H and O–H groups in total. The molecule has 0 bridgehead atoms. The predicted octanol–water partition coefficient (Wildman–Crippen LogP) is 2.86. The van der Waals surface area contributed by atoms with E-state index in [4.69, 9.17) is 0 Å². The van der Waals surface area contributed by atoms with Gasteiger partial charge in [0.25, 0.3) is 5.91 Å². The summed E-state index contributed by atoms with van der Waals surface area (Å²) >= 11 is 0. The molecule has 0 saturated carbocycles. The van der Waals surface area contributed by atoms with Crippen molar-refractivity contribution in [3.05, 3.63) is 30.1 Å². The molecule has 1 heterocycles. The van der Waals surface area contributed by atoms with Gasteiger partial charge in [-0.2, -0.15) is 0 Å². The number of carbonyl (C=O) groups excluding carboxylic acids is 1. The quantitative estimate of drug-likeness (QED) is 0.735. The van der Waals surface area contributed by atoms with Crippen LogP contribution in [-0.2, 0) is 4.79 Å². The molecule has 0 fully saturated rings. The van der Waals surface area contributed by atoms with Crippen LogP contribution in [0.3, 0.4) is 0 Å². The Labute approximate surface area is 116 Å². The number of hydrogen-bond acceptors (Lipinski definition) is 2. The van der Waals surface area contributed by atoms with E-state index in [1.54, 1.807) is 12.4 Å². The van der Waals surface area contributed by atoms with Gasteiger partial charge in [0, 0.05) is 37.0 Å². The summed E-state index contributed by atoms with van der Waals surface area (Å²) in [6, 6.07) is 3.68. The van der Waals surface area contributed by atoms with E-state index in [0.717, 1.165) is 44.3 Å². The third-order valence-corrected chi connectivity index (χ3v) is 2.83. The monoisotopic (exact) mass is 258 g/mol. The van der Waals surface area contributed by atoms with Crippen LogP contribution in [0.1, 0.15) is 45.1 Å². The lowest BCUT2D eigenvalue weighted by molar-refractivity contribution is -0.125. The maximum Gasteiger partial charge on any atom is 0.298 e. The molecule has 0 atom stereocenters. The van der Waals surface area contributed by atoms with Crippen molar-refractivity contribution in [2.75, 3.05) is 13.1 Å². The summed E-state index contributed by atoms with van der Waals surface area (Å²) < 4.78 is 0. The van der Waals surface area contributed by atoms with Gasteiger partial charge in [-0.15, -0.1) is 0 Å². The second kappa shape index (κ2) is 9.16. The summed E-state index contributed by atoms with van der Waals surface area (Å²) in [6.45, 7) is 5.86. The largest absolute Gasteiger partial charge is 0.332 e. The van der Waals surface area contributed by atoms with Gasteiger partial charge in [-0.1, -0.05) is 32.6 Å². The summed E-state index contributed by atoms with van der Waals surface area (Å²) in [5.74, 6) is 5.51. The molecular formula is C16H22N2O. The molecule has 0 unspecified atom stereocenters. The van der Waals surface area contributed by atoms with Crippen LogP contribution < -0.4 is 0 Å². The van der Waals surface area contributed by atoms with Crippen LogP contribution in [0.4, 0.5) is 0 Å². The third-order valence-electron chi connectivity index (χ3n) is 2.83. The van der Waals surface area contributed by atoms with Gasteiger partial charge in [0.2, 0.25) is 0 Å². The van der Waals surface area contributed by atoms with Crippen molar-refractivity contribution in [3.8, 4) is 11.8 Å². The molecule has 0 spiro atoms. The lowest BCUT2D eigenvalue weighted by atomic mass is 10.2. The smallest absolute Gasteiger partial charge is 0.298 e. The van der Waals surface area contributed by atoms with Crippen LogP contribution in [0.25, 0.3) is 0 Å². The number of hydrogen-bond donors (Lipinski definition) is 0. The normalized spacial score (nSPS) is 9.58. The number of amides is 1. The van der Waals surface area contributed by atoms with E-state index in [1.165, 1.54) is 0 Å². The zero-order valence-corrected chi connectivity index (χ0v) is 11.9. The Morgan fingerprint density at radius 2 is 1.95 bits per heavy atom. The molecule has 102 valence electrons. The first-order valence-corrected chi connectivity index (χ1v) is 6.98. The second-order valence-corrected chi connectivity index (χ2v) is 4.49. The third kappa shape index (κ3) is 6.05. The summed E-state index contributed by atoms with van der Waals surface area (Å²) in [5.41, 5.74) is 0.779. The predicted molar refractivity (Wildman–Crippen MR) is 77.5 cm³/mol. The Balaban J connectivity index is 2.63. The van der Waals surface area contributed by atoms with Gasteiger partial charge in [0.1, 0.15) is 0 Å². The molecule has 1 rings (SSSR count). The zero-order valence-electron chi connectivity index (χ0n) is 11.9. The molecule has 1 amide bonds. The van der Waals surface area contributed by atoms with Crippen molar-refractivity contribution in [2.45, 2.75) is 39.5 Å². The fraction of sp³-hybridized carbons (Fsp3) is 0.500. The summed E-state index contributed by atoms with van der Waals surface area (Å²) in [7, 11) is 0. The van der Waals surface area contributed by atoms with Gasteiger partial charge in [-0.05, 0) is 25.0 Å². The minimum Gasteiger partial charge on any atom is -0.332 e. The second-order valence-electron chi connectivity index (χ2n) is 4.49. The highest BCUT2D eigenvalue weighted by atomic mass is 16.2. The number of pyridine rings is 1. The highest BCUT2D eigenvalue weighted by molar-refractivity contribution is 5.94. The van der Waals surface area contributed by atoms with Crippen LogP contribution in [0, 0.1) is 11.8 Å². The van der Waals surface area contributed by atoms with E-state index in [2.05, 4.69) is 30.7 Å². The van der Waals surface area contributed by atoms with Gasteiger partial charge in [0.15, 0.2) is 0 Å².